The third-order valence-corrected chi connectivity index (χ3v) is 4.56. The molecule has 0 aliphatic carbocycles. The van der Waals surface area contributed by atoms with Crippen LogP contribution in [0.2, 0.25) is 0 Å². The molecule has 0 atom stereocenters. The Labute approximate surface area is 140 Å². The first-order chi connectivity index (χ1) is 11.9. The van der Waals surface area contributed by atoms with Crippen LogP contribution in [0.5, 0.6) is 5.75 Å². The van der Waals surface area contributed by atoms with Gasteiger partial charge in [0.05, 0.1) is 7.11 Å². The normalized spacial score (nSPS) is 11.2. The Hall–Kier alpha value is -3.34. The molecule has 0 amide bonds. The van der Waals surface area contributed by atoms with Crippen molar-refractivity contribution in [3.63, 3.8) is 0 Å². The van der Waals surface area contributed by atoms with Gasteiger partial charge < -0.3 is 14.2 Å². The molecule has 130 valence electrons. The molecule has 0 bridgehead atoms. The second-order valence-electron chi connectivity index (χ2n) is 4.85. The van der Waals surface area contributed by atoms with E-state index >= 15 is 0 Å². The van der Waals surface area contributed by atoms with Crippen LogP contribution in [0.1, 0.15) is 0 Å². The number of benzene rings is 1. The van der Waals surface area contributed by atoms with E-state index in [2.05, 4.69) is 14.9 Å². The van der Waals surface area contributed by atoms with E-state index in [0.717, 1.165) is 6.20 Å². The summed E-state index contributed by atoms with van der Waals surface area (Å²) in [4.78, 5) is 25.8. The molecule has 0 spiro atoms. The van der Waals surface area contributed by atoms with Gasteiger partial charge in [0.25, 0.3) is 15.6 Å². The van der Waals surface area contributed by atoms with Gasteiger partial charge >= 0.3 is 5.69 Å². The van der Waals surface area contributed by atoms with Crippen molar-refractivity contribution in [3.05, 3.63) is 57.4 Å². The van der Waals surface area contributed by atoms with E-state index in [1.54, 1.807) is 24.3 Å². The fourth-order valence-electron chi connectivity index (χ4n) is 2.01. The van der Waals surface area contributed by atoms with Gasteiger partial charge in [-0.05, 0) is 24.3 Å². The van der Waals surface area contributed by atoms with Gasteiger partial charge in [0.15, 0.2) is 4.90 Å². The van der Waals surface area contributed by atoms with Crippen LogP contribution in [0.25, 0.3) is 11.3 Å². The number of methoxy groups -OCH3 is 1. The van der Waals surface area contributed by atoms with Gasteiger partial charge in [0.2, 0.25) is 5.88 Å². The second kappa shape index (κ2) is 6.28. The molecule has 0 aliphatic heterocycles. The minimum atomic E-state index is -4.26. The van der Waals surface area contributed by atoms with E-state index < -0.39 is 26.2 Å². The van der Waals surface area contributed by atoms with Gasteiger partial charge in [-0.2, -0.15) is 0 Å². The number of nitrogens with zero attached hydrogens (tertiary/aromatic N) is 1. The second-order valence-corrected chi connectivity index (χ2v) is 6.50. The average Bonchev–Trinajstić information content (AvgIpc) is 3.02. The number of anilines is 1. The van der Waals surface area contributed by atoms with Gasteiger partial charge in [0.1, 0.15) is 11.4 Å². The van der Waals surface area contributed by atoms with Gasteiger partial charge in [-0.25, -0.2) is 17.9 Å². The summed E-state index contributed by atoms with van der Waals surface area (Å²) in [7, 11) is -2.72. The van der Waals surface area contributed by atoms with Crippen molar-refractivity contribution in [1.82, 2.24) is 15.1 Å². The maximum atomic E-state index is 12.2. The summed E-state index contributed by atoms with van der Waals surface area (Å²) in [5.74, 6) is 0.474. The van der Waals surface area contributed by atoms with E-state index in [1.165, 1.54) is 13.2 Å². The van der Waals surface area contributed by atoms with Crippen LogP contribution in [0.15, 0.2) is 55.5 Å². The first-order valence-corrected chi connectivity index (χ1v) is 8.33. The highest BCUT2D eigenvalue weighted by atomic mass is 32.2. The number of hydrogen-bond acceptors (Lipinski definition) is 7. The third-order valence-electron chi connectivity index (χ3n) is 3.21. The van der Waals surface area contributed by atoms with Gasteiger partial charge in [-0.3, -0.25) is 9.78 Å². The van der Waals surface area contributed by atoms with E-state index in [4.69, 9.17) is 9.26 Å². The van der Waals surface area contributed by atoms with Crippen molar-refractivity contribution < 1.29 is 17.7 Å². The molecule has 1 aromatic carbocycles. The molecular weight excluding hydrogens is 352 g/mol. The molecule has 10 nitrogen and oxygen atoms in total. The smallest absolute Gasteiger partial charge is 0.325 e. The molecular formula is C14H12N4O6S. The van der Waals surface area contributed by atoms with Crippen LogP contribution in [0.4, 0.5) is 5.88 Å². The van der Waals surface area contributed by atoms with Crippen LogP contribution < -0.4 is 20.7 Å². The van der Waals surface area contributed by atoms with Crippen LogP contribution in [-0.4, -0.2) is 30.7 Å². The first-order valence-electron chi connectivity index (χ1n) is 6.85. The van der Waals surface area contributed by atoms with Crippen molar-refractivity contribution in [2.75, 3.05) is 11.8 Å². The molecule has 0 saturated heterocycles. The van der Waals surface area contributed by atoms with E-state index in [1.807, 2.05) is 4.98 Å². The Bertz CT molecular complexity index is 1110. The molecule has 0 fully saturated rings. The zero-order chi connectivity index (χ0) is 18.0. The fraction of sp³-hybridized carbons (Fsp3) is 0.0714. The number of H-pyrrole nitrogens is 2. The van der Waals surface area contributed by atoms with Crippen LogP contribution in [0, 0.1) is 0 Å². The van der Waals surface area contributed by atoms with Crippen molar-refractivity contribution in [3.8, 4) is 17.0 Å². The van der Waals surface area contributed by atoms with Crippen LogP contribution in [0.3, 0.4) is 0 Å². The van der Waals surface area contributed by atoms with Gasteiger partial charge in [-0.1, -0.05) is 5.16 Å². The minimum absolute atomic E-state index is 0.184. The van der Waals surface area contributed by atoms with E-state index in [0.29, 0.717) is 17.0 Å². The number of aromatic amines is 2. The van der Waals surface area contributed by atoms with Crippen LogP contribution in [-0.2, 0) is 10.0 Å². The molecule has 11 heteroatoms. The van der Waals surface area contributed by atoms with Gasteiger partial charge in [-0.15, -0.1) is 0 Å². The van der Waals surface area contributed by atoms with E-state index in [-0.39, 0.29) is 5.88 Å². The summed E-state index contributed by atoms with van der Waals surface area (Å²) >= 11 is 0. The lowest BCUT2D eigenvalue weighted by Crippen LogP contribution is -2.29. The maximum absolute atomic E-state index is 12.2. The summed E-state index contributed by atoms with van der Waals surface area (Å²) < 4.78 is 36.5. The van der Waals surface area contributed by atoms with Crippen molar-refractivity contribution in [1.29, 1.82) is 0 Å². The Kier molecular flexibility index (Phi) is 4.15. The SMILES string of the molecule is COc1ccc(-c2cc(NS(=O)(=O)c3c[nH]c(=O)[nH]c3=O)on2)cc1. The molecule has 0 saturated carbocycles. The largest absolute Gasteiger partial charge is 0.497 e. The number of ether oxygens (including phenoxy) is 1. The minimum Gasteiger partial charge on any atom is -0.497 e. The van der Waals surface area contributed by atoms with Crippen LogP contribution >= 0.6 is 0 Å². The summed E-state index contributed by atoms with van der Waals surface area (Å²) in [6, 6.07) is 8.24. The Morgan fingerprint density at radius 3 is 2.56 bits per heavy atom. The average molecular weight is 364 g/mol. The van der Waals surface area contributed by atoms with Crippen molar-refractivity contribution in [2.45, 2.75) is 4.90 Å². The molecule has 0 radical (unpaired) electrons. The number of sulfonamides is 1. The zero-order valence-electron chi connectivity index (χ0n) is 12.8. The van der Waals surface area contributed by atoms with Crippen molar-refractivity contribution in [2.24, 2.45) is 0 Å². The molecule has 25 heavy (non-hydrogen) atoms. The molecule has 3 N–H and O–H groups in total. The Balaban J connectivity index is 1.87. The molecule has 3 aromatic rings. The molecule has 3 rings (SSSR count). The monoisotopic (exact) mass is 364 g/mol. The van der Waals surface area contributed by atoms with Crippen molar-refractivity contribution >= 4 is 15.9 Å². The molecule has 0 unspecified atom stereocenters. The number of aromatic nitrogens is 3. The summed E-state index contributed by atoms with van der Waals surface area (Å²) in [6.07, 6.45) is 0.796. The lowest BCUT2D eigenvalue weighted by atomic mass is 10.1. The highest BCUT2D eigenvalue weighted by Gasteiger charge is 2.21. The Morgan fingerprint density at radius 1 is 1.20 bits per heavy atom. The molecule has 2 heterocycles. The van der Waals surface area contributed by atoms with Gasteiger partial charge in [0, 0.05) is 17.8 Å². The lowest BCUT2D eigenvalue weighted by molar-refractivity contribution is 0.415. The predicted octanol–water partition coefficient (Wildman–Crippen LogP) is 0.528. The summed E-state index contributed by atoms with van der Waals surface area (Å²) in [6.45, 7) is 0. The highest BCUT2D eigenvalue weighted by Crippen LogP contribution is 2.24. The quantitative estimate of drug-likeness (QED) is 0.598. The summed E-state index contributed by atoms with van der Waals surface area (Å²) in [5.41, 5.74) is -0.802. The molecule has 2 aromatic heterocycles. The third kappa shape index (κ3) is 3.45. The Morgan fingerprint density at radius 2 is 1.92 bits per heavy atom. The number of nitrogens with one attached hydrogen (secondary N) is 3. The maximum Gasteiger partial charge on any atom is 0.325 e. The summed E-state index contributed by atoms with van der Waals surface area (Å²) in [5, 5.41) is 3.77. The first kappa shape index (κ1) is 16.5. The lowest BCUT2D eigenvalue weighted by Gasteiger charge is -2.02. The number of hydrogen-bond donors (Lipinski definition) is 3. The standard InChI is InChI=1S/C14H12N4O6S/c1-23-9-4-2-8(3-5-9)10-6-12(24-17-10)18-25(21,22)11-7-15-14(20)16-13(11)19/h2-7,18H,1H3,(H2,15,16,19,20). The molecule has 0 aliphatic rings. The fourth-order valence-corrected chi connectivity index (χ4v) is 2.99. The topological polar surface area (TPSA) is 147 Å². The number of rotatable bonds is 5. The van der Waals surface area contributed by atoms with E-state index in [9.17, 15) is 18.0 Å². The predicted molar refractivity (Wildman–Crippen MR) is 87.0 cm³/mol. The zero-order valence-corrected chi connectivity index (χ0v) is 13.6. The highest BCUT2D eigenvalue weighted by molar-refractivity contribution is 7.92.